The molecule has 1 aromatic carbocycles. The zero-order chi connectivity index (χ0) is 21.0. The van der Waals surface area contributed by atoms with Gasteiger partial charge in [0.2, 0.25) is 0 Å². The largest absolute Gasteiger partial charge is 0.490 e. The highest BCUT2D eigenvalue weighted by Gasteiger charge is 2.38. The van der Waals surface area contributed by atoms with Crippen LogP contribution >= 0.6 is 0 Å². The Labute approximate surface area is 161 Å². The predicted molar refractivity (Wildman–Crippen MR) is 96.6 cm³/mol. The zero-order valence-corrected chi connectivity index (χ0v) is 15.5. The van der Waals surface area contributed by atoms with Crippen molar-refractivity contribution in [2.45, 2.75) is 38.1 Å². The van der Waals surface area contributed by atoms with Crippen molar-refractivity contribution in [3.05, 3.63) is 35.9 Å². The van der Waals surface area contributed by atoms with Gasteiger partial charge in [-0.25, -0.2) is 9.59 Å². The van der Waals surface area contributed by atoms with Gasteiger partial charge in [-0.1, -0.05) is 30.3 Å². The van der Waals surface area contributed by atoms with Crippen LogP contribution in [0.15, 0.2) is 30.3 Å². The zero-order valence-electron chi connectivity index (χ0n) is 15.5. The molecule has 1 saturated heterocycles. The minimum Gasteiger partial charge on any atom is -0.475 e. The first-order valence-electron chi connectivity index (χ1n) is 8.91. The van der Waals surface area contributed by atoms with Gasteiger partial charge in [-0.15, -0.1) is 0 Å². The van der Waals surface area contributed by atoms with Gasteiger partial charge in [0.15, 0.2) is 0 Å². The van der Waals surface area contributed by atoms with Crippen molar-refractivity contribution in [1.29, 1.82) is 0 Å². The first-order chi connectivity index (χ1) is 13.2. The van der Waals surface area contributed by atoms with Crippen molar-refractivity contribution in [3.8, 4) is 0 Å². The number of carboxylic acids is 1. The molecule has 28 heavy (non-hydrogen) atoms. The third-order valence-corrected chi connectivity index (χ3v) is 4.02. The first-order valence-corrected chi connectivity index (χ1v) is 8.91. The lowest BCUT2D eigenvalue weighted by Gasteiger charge is -2.19. The minimum absolute atomic E-state index is 0.311. The maximum atomic E-state index is 11.6. The smallest absolute Gasteiger partial charge is 0.475 e. The lowest BCUT2D eigenvalue weighted by atomic mass is 10.1. The fraction of sp³-hybridized carbons (Fsp3) is 0.556. The molecule has 0 aromatic heterocycles. The van der Waals surface area contributed by atoms with E-state index in [0.717, 1.165) is 44.5 Å². The number of alkyl halides is 3. The number of ether oxygens (including phenoxy) is 1. The molecule has 1 amide bonds. The molecule has 1 aromatic rings. The Morgan fingerprint density at radius 3 is 2.46 bits per heavy atom. The van der Waals surface area contributed by atoms with Gasteiger partial charge in [-0.2, -0.15) is 13.2 Å². The molecule has 1 aliphatic rings. The number of halogens is 3. The molecule has 2 rings (SSSR count). The third-order valence-electron chi connectivity index (χ3n) is 4.02. The fourth-order valence-corrected chi connectivity index (χ4v) is 2.50. The monoisotopic (exact) mass is 405 g/mol. The van der Waals surface area contributed by atoms with E-state index < -0.39 is 12.1 Å². The van der Waals surface area contributed by atoms with Crippen LogP contribution in [0.4, 0.5) is 18.0 Å². The standard InChI is InChI=1S/C16H25N3O2.C2HF3O2/c17-15-7-4-10-19(11-8-15)12-9-18-16(20)21-13-14-5-2-1-3-6-14;3-2(4,5)1(6)7/h1-3,5-6,15H,4,7-13,17H2,(H,18,20);(H,6,7). The molecule has 4 N–H and O–H groups in total. The van der Waals surface area contributed by atoms with Gasteiger partial charge in [-0.05, 0) is 37.9 Å². The van der Waals surface area contributed by atoms with Crippen LogP contribution in [0, 0.1) is 0 Å². The number of alkyl carbamates (subject to hydrolysis) is 1. The molecule has 1 aliphatic heterocycles. The Balaban J connectivity index is 0.000000480. The molecule has 0 spiro atoms. The Morgan fingerprint density at radius 2 is 1.86 bits per heavy atom. The second-order valence-corrected chi connectivity index (χ2v) is 6.32. The minimum atomic E-state index is -5.08. The van der Waals surface area contributed by atoms with Crippen molar-refractivity contribution in [2.75, 3.05) is 26.2 Å². The maximum Gasteiger partial charge on any atom is 0.490 e. The lowest BCUT2D eigenvalue weighted by Crippen LogP contribution is -2.36. The van der Waals surface area contributed by atoms with Gasteiger partial charge >= 0.3 is 18.2 Å². The predicted octanol–water partition coefficient (Wildman–Crippen LogP) is 2.36. The van der Waals surface area contributed by atoms with Crippen molar-refractivity contribution in [2.24, 2.45) is 5.73 Å². The summed E-state index contributed by atoms with van der Waals surface area (Å²) in [7, 11) is 0. The van der Waals surface area contributed by atoms with Crippen molar-refractivity contribution in [1.82, 2.24) is 10.2 Å². The van der Waals surface area contributed by atoms with Crippen LogP contribution in [0.3, 0.4) is 0 Å². The highest BCUT2D eigenvalue weighted by atomic mass is 19.4. The van der Waals surface area contributed by atoms with Crippen LogP contribution in [-0.4, -0.2) is 60.5 Å². The molecule has 7 nitrogen and oxygen atoms in total. The number of hydrogen-bond donors (Lipinski definition) is 3. The summed E-state index contributed by atoms with van der Waals surface area (Å²) in [5, 5.41) is 9.92. The second-order valence-electron chi connectivity index (χ2n) is 6.32. The SMILES string of the molecule is NC1CCCN(CCNC(=O)OCc2ccccc2)CC1.O=C(O)C(F)(F)F. The van der Waals surface area contributed by atoms with E-state index in [0.29, 0.717) is 19.2 Å². The summed E-state index contributed by atoms with van der Waals surface area (Å²) in [6.07, 6.45) is -2.16. The van der Waals surface area contributed by atoms with Crippen LogP contribution in [0.1, 0.15) is 24.8 Å². The normalized spacial score (nSPS) is 17.6. The number of nitrogens with one attached hydrogen (secondary N) is 1. The van der Waals surface area contributed by atoms with Crippen LogP contribution < -0.4 is 11.1 Å². The van der Waals surface area contributed by atoms with Gasteiger partial charge in [0.25, 0.3) is 0 Å². The highest BCUT2D eigenvalue weighted by Crippen LogP contribution is 2.13. The van der Waals surface area contributed by atoms with E-state index >= 15 is 0 Å². The number of likely N-dealkylation sites (tertiary alicyclic amines) is 1. The Morgan fingerprint density at radius 1 is 1.21 bits per heavy atom. The molecule has 1 heterocycles. The third kappa shape index (κ3) is 10.7. The quantitative estimate of drug-likeness (QED) is 0.695. The topological polar surface area (TPSA) is 105 Å². The average Bonchev–Trinajstić information content (AvgIpc) is 2.85. The highest BCUT2D eigenvalue weighted by molar-refractivity contribution is 5.73. The van der Waals surface area contributed by atoms with Crippen molar-refractivity contribution in [3.63, 3.8) is 0 Å². The van der Waals surface area contributed by atoms with Gasteiger partial charge < -0.3 is 25.8 Å². The number of amides is 1. The molecule has 158 valence electrons. The van der Waals surface area contributed by atoms with E-state index in [1.165, 1.54) is 0 Å². The number of rotatable bonds is 5. The Kier molecular flexibility index (Phi) is 10.3. The van der Waals surface area contributed by atoms with Crippen LogP contribution in [0.25, 0.3) is 0 Å². The summed E-state index contributed by atoms with van der Waals surface area (Å²) in [4.78, 5) is 22.9. The van der Waals surface area contributed by atoms with Gasteiger partial charge in [0, 0.05) is 19.1 Å². The number of benzene rings is 1. The summed E-state index contributed by atoms with van der Waals surface area (Å²) >= 11 is 0. The molecule has 10 heteroatoms. The number of aliphatic carboxylic acids is 1. The van der Waals surface area contributed by atoms with E-state index in [1.54, 1.807) is 0 Å². The fourth-order valence-electron chi connectivity index (χ4n) is 2.50. The van der Waals surface area contributed by atoms with Crippen LogP contribution in [0.2, 0.25) is 0 Å². The number of carbonyl (C=O) groups is 2. The molecule has 1 unspecified atom stereocenters. The molecule has 0 aliphatic carbocycles. The van der Waals surface area contributed by atoms with E-state index in [1.807, 2.05) is 30.3 Å². The molecule has 0 bridgehead atoms. The lowest BCUT2D eigenvalue weighted by molar-refractivity contribution is -0.192. The van der Waals surface area contributed by atoms with E-state index in [-0.39, 0.29) is 6.09 Å². The summed E-state index contributed by atoms with van der Waals surface area (Å²) in [5.41, 5.74) is 6.95. The number of carboxylic acid groups (broad SMARTS) is 1. The Hall–Kier alpha value is -2.33. The van der Waals surface area contributed by atoms with E-state index in [4.69, 9.17) is 20.4 Å². The van der Waals surface area contributed by atoms with Gasteiger partial charge in [-0.3, -0.25) is 0 Å². The number of nitrogens with zero attached hydrogens (tertiary/aromatic N) is 1. The molecular weight excluding hydrogens is 379 g/mol. The molecule has 1 atom stereocenters. The summed E-state index contributed by atoms with van der Waals surface area (Å²) < 4.78 is 36.9. The van der Waals surface area contributed by atoms with Crippen LogP contribution in [-0.2, 0) is 16.1 Å². The number of nitrogens with two attached hydrogens (primary N) is 1. The van der Waals surface area contributed by atoms with E-state index in [2.05, 4.69) is 10.2 Å². The molecular formula is C18H26F3N3O4. The second kappa shape index (κ2) is 12.2. The molecule has 1 fully saturated rings. The van der Waals surface area contributed by atoms with E-state index in [9.17, 15) is 18.0 Å². The van der Waals surface area contributed by atoms with Gasteiger partial charge in [0.05, 0.1) is 0 Å². The number of carbonyl (C=O) groups excluding carboxylic acids is 1. The molecule has 0 saturated carbocycles. The first kappa shape index (κ1) is 23.7. The number of hydrogen-bond acceptors (Lipinski definition) is 5. The summed E-state index contributed by atoms with van der Waals surface area (Å²) in [5.74, 6) is -2.76. The van der Waals surface area contributed by atoms with Crippen molar-refractivity contribution >= 4 is 12.1 Å². The average molecular weight is 405 g/mol. The van der Waals surface area contributed by atoms with Crippen LogP contribution in [0.5, 0.6) is 0 Å². The summed E-state index contributed by atoms with van der Waals surface area (Å²) in [6, 6.07) is 10.0. The Bertz CT molecular complexity index is 599. The maximum absolute atomic E-state index is 11.6. The molecule has 0 radical (unpaired) electrons. The van der Waals surface area contributed by atoms with Crippen molar-refractivity contribution < 1.29 is 32.6 Å². The van der Waals surface area contributed by atoms with Gasteiger partial charge in [0.1, 0.15) is 6.61 Å². The summed E-state index contributed by atoms with van der Waals surface area (Å²) in [6.45, 7) is 3.86.